The second-order valence-corrected chi connectivity index (χ2v) is 9.75. The van der Waals surface area contributed by atoms with Gasteiger partial charge in [-0.25, -0.2) is 0 Å². The van der Waals surface area contributed by atoms with E-state index in [9.17, 15) is 35.1 Å². The molecule has 2 aliphatic heterocycles. The number of fused-ring (bicyclic) bond motifs is 1. The number of carbonyl (C=O) groups is 2. The quantitative estimate of drug-likeness (QED) is 0.237. The SMILES string of the molecule is CC(=O)OCC1C(O)CC2C(COC3OC(CO)C(O)C(O)C3O)=COC(OC(=O)CC(C)C)C21. The first-order valence-electron chi connectivity index (χ1n) is 11.8. The highest BCUT2D eigenvalue weighted by molar-refractivity contribution is 5.69. The van der Waals surface area contributed by atoms with Gasteiger partial charge in [-0.15, -0.1) is 0 Å². The maximum Gasteiger partial charge on any atom is 0.309 e. The zero-order chi connectivity index (χ0) is 25.9. The van der Waals surface area contributed by atoms with Gasteiger partial charge in [0.1, 0.15) is 24.4 Å². The van der Waals surface area contributed by atoms with E-state index in [0.717, 1.165) is 0 Å². The molecular weight excluding hydrogens is 468 g/mol. The first-order chi connectivity index (χ1) is 16.5. The Morgan fingerprint density at radius 2 is 1.83 bits per heavy atom. The van der Waals surface area contributed by atoms with Gasteiger partial charge in [0, 0.05) is 25.2 Å². The van der Waals surface area contributed by atoms with Crippen molar-refractivity contribution < 1.29 is 58.8 Å². The fraction of sp³-hybridized carbons (Fsp3) is 0.826. The summed E-state index contributed by atoms with van der Waals surface area (Å²) in [7, 11) is 0. The highest BCUT2D eigenvalue weighted by atomic mass is 16.7. The fourth-order valence-corrected chi connectivity index (χ4v) is 4.85. The molecule has 0 amide bonds. The summed E-state index contributed by atoms with van der Waals surface area (Å²) in [6.07, 6.45) is -7.15. The first kappa shape index (κ1) is 27.8. The van der Waals surface area contributed by atoms with E-state index in [-0.39, 0.29) is 37.9 Å². The third-order valence-electron chi connectivity index (χ3n) is 6.66. The molecule has 12 nitrogen and oxygen atoms in total. The largest absolute Gasteiger partial charge is 0.465 e. The van der Waals surface area contributed by atoms with Gasteiger partial charge < -0.3 is 49.2 Å². The number of aliphatic hydroxyl groups is 5. The van der Waals surface area contributed by atoms with E-state index < -0.39 is 73.5 Å². The van der Waals surface area contributed by atoms with Gasteiger partial charge in [0.05, 0.1) is 32.2 Å². The molecule has 3 rings (SSSR count). The average molecular weight is 505 g/mol. The Morgan fingerprint density at radius 1 is 1.11 bits per heavy atom. The second kappa shape index (κ2) is 12.0. The Labute approximate surface area is 203 Å². The Hall–Kier alpha value is -1.80. The van der Waals surface area contributed by atoms with E-state index in [0.29, 0.717) is 5.57 Å². The molecule has 0 aromatic rings. The zero-order valence-corrected chi connectivity index (χ0v) is 20.1. The van der Waals surface area contributed by atoms with Crippen LogP contribution in [0.25, 0.3) is 0 Å². The van der Waals surface area contributed by atoms with E-state index in [4.69, 9.17) is 23.7 Å². The third kappa shape index (κ3) is 6.50. The molecule has 2 heterocycles. The van der Waals surface area contributed by atoms with E-state index in [1.165, 1.54) is 13.2 Å². The number of aliphatic hydroxyl groups excluding tert-OH is 5. The molecule has 0 radical (unpaired) electrons. The smallest absolute Gasteiger partial charge is 0.309 e. The van der Waals surface area contributed by atoms with E-state index in [2.05, 4.69) is 0 Å². The maximum absolute atomic E-state index is 12.3. The van der Waals surface area contributed by atoms with Crippen LogP contribution in [0.2, 0.25) is 0 Å². The van der Waals surface area contributed by atoms with Gasteiger partial charge in [-0.2, -0.15) is 0 Å². The summed E-state index contributed by atoms with van der Waals surface area (Å²) in [6.45, 7) is 4.21. The molecule has 1 saturated heterocycles. The summed E-state index contributed by atoms with van der Waals surface area (Å²) >= 11 is 0. The van der Waals surface area contributed by atoms with Gasteiger partial charge in [-0.05, 0) is 23.8 Å². The van der Waals surface area contributed by atoms with Crippen LogP contribution in [0.15, 0.2) is 11.8 Å². The molecule has 0 aromatic carbocycles. The number of hydrogen-bond donors (Lipinski definition) is 5. The molecule has 3 aliphatic rings. The Balaban J connectivity index is 1.74. The molecular formula is C23H36O12. The Kier molecular flexibility index (Phi) is 9.49. The van der Waals surface area contributed by atoms with Gasteiger partial charge in [0.2, 0.25) is 6.29 Å². The van der Waals surface area contributed by atoms with Gasteiger partial charge in [-0.3, -0.25) is 9.59 Å². The molecule has 5 N–H and O–H groups in total. The lowest BCUT2D eigenvalue weighted by Gasteiger charge is -2.40. The summed E-state index contributed by atoms with van der Waals surface area (Å²) in [6, 6.07) is 0. The second-order valence-electron chi connectivity index (χ2n) is 9.75. The Morgan fingerprint density at radius 3 is 2.46 bits per heavy atom. The monoisotopic (exact) mass is 504 g/mol. The van der Waals surface area contributed by atoms with Crippen LogP contribution in [-0.4, -0.2) is 100 Å². The molecule has 35 heavy (non-hydrogen) atoms. The van der Waals surface area contributed by atoms with Crippen LogP contribution < -0.4 is 0 Å². The summed E-state index contributed by atoms with van der Waals surface area (Å²) in [5.41, 5.74) is 0.576. The van der Waals surface area contributed by atoms with E-state index >= 15 is 0 Å². The number of carbonyl (C=O) groups excluding carboxylic acids is 2. The molecule has 0 bridgehead atoms. The van der Waals surface area contributed by atoms with Crippen molar-refractivity contribution in [2.45, 2.75) is 76.7 Å². The predicted octanol–water partition coefficient (Wildman–Crippen LogP) is -1.19. The highest BCUT2D eigenvalue weighted by Crippen LogP contribution is 2.47. The van der Waals surface area contributed by atoms with Gasteiger partial charge in [-0.1, -0.05) is 13.8 Å². The van der Waals surface area contributed by atoms with Crippen LogP contribution in [-0.2, 0) is 33.3 Å². The summed E-state index contributed by atoms with van der Waals surface area (Å²) in [4.78, 5) is 23.7. The van der Waals surface area contributed by atoms with E-state index in [1.807, 2.05) is 13.8 Å². The lowest BCUT2D eigenvalue weighted by atomic mass is 9.83. The predicted molar refractivity (Wildman–Crippen MR) is 116 cm³/mol. The van der Waals surface area contributed by atoms with Crippen LogP contribution in [0.4, 0.5) is 0 Å². The van der Waals surface area contributed by atoms with Crippen LogP contribution in [0.3, 0.4) is 0 Å². The number of esters is 2. The number of rotatable bonds is 9. The van der Waals surface area contributed by atoms with Crippen LogP contribution in [0, 0.1) is 23.7 Å². The topological polar surface area (TPSA) is 181 Å². The molecule has 1 saturated carbocycles. The molecule has 10 atom stereocenters. The van der Waals surface area contributed by atoms with Crippen molar-refractivity contribution in [1.82, 2.24) is 0 Å². The minimum Gasteiger partial charge on any atom is -0.465 e. The van der Waals surface area contributed by atoms with Crippen molar-refractivity contribution >= 4 is 11.9 Å². The van der Waals surface area contributed by atoms with Gasteiger partial charge >= 0.3 is 11.9 Å². The molecule has 0 spiro atoms. The molecule has 1 aliphatic carbocycles. The molecule has 2 fully saturated rings. The average Bonchev–Trinajstić information content (AvgIpc) is 3.12. The van der Waals surface area contributed by atoms with Crippen LogP contribution in [0.1, 0.15) is 33.6 Å². The Bertz CT molecular complexity index is 768. The van der Waals surface area contributed by atoms with Crippen molar-refractivity contribution in [3.05, 3.63) is 11.8 Å². The lowest BCUT2D eigenvalue weighted by Crippen LogP contribution is -2.59. The van der Waals surface area contributed by atoms with Gasteiger partial charge in [0.15, 0.2) is 6.29 Å². The number of hydrogen-bond acceptors (Lipinski definition) is 12. The minimum absolute atomic E-state index is 0.0749. The number of ether oxygens (including phenoxy) is 5. The minimum atomic E-state index is -1.58. The zero-order valence-electron chi connectivity index (χ0n) is 20.1. The maximum atomic E-state index is 12.3. The molecule has 10 unspecified atom stereocenters. The van der Waals surface area contributed by atoms with Gasteiger partial charge in [0.25, 0.3) is 0 Å². The van der Waals surface area contributed by atoms with Crippen molar-refractivity contribution in [1.29, 1.82) is 0 Å². The summed E-state index contributed by atoms with van der Waals surface area (Å²) in [5, 5.41) is 50.2. The first-order valence-corrected chi connectivity index (χ1v) is 11.8. The summed E-state index contributed by atoms with van der Waals surface area (Å²) < 4.78 is 27.5. The van der Waals surface area contributed by atoms with Crippen molar-refractivity contribution in [2.75, 3.05) is 19.8 Å². The fourth-order valence-electron chi connectivity index (χ4n) is 4.85. The van der Waals surface area contributed by atoms with Crippen molar-refractivity contribution in [3.8, 4) is 0 Å². The summed E-state index contributed by atoms with van der Waals surface area (Å²) in [5.74, 6) is -2.33. The van der Waals surface area contributed by atoms with Crippen molar-refractivity contribution in [2.24, 2.45) is 23.7 Å². The lowest BCUT2D eigenvalue weighted by molar-refractivity contribution is -0.299. The van der Waals surface area contributed by atoms with E-state index in [1.54, 1.807) is 0 Å². The van der Waals surface area contributed by atoms with Crippen LogP contribution in [0.5, 0.6) is 0 Å². The molecule has 200 valence electrons. The standard InChI is InChI=1S/C23H36O12/c1-10(2)4-17(27)35-22-18-13(5-15(26)14(18)9-31-11(3)25)12(7-32-22)8-33-23-21(30)20(29)19(28)16(6-24)34-23/h7,10,13-16,18-24,26,28-30H,4-6,8-9H2,1-3H3. The third-order valence-corrected chi connectivity index (χ3v) is 6.66. The van der Waals surface area contributed by atoms with Crippen LogP contribution >= 0.6 is 0 Å². The van der Waals surface area contributed by atoms with Crippen molar-refractivity contribution in [3.63, 3.8) is 0 Å². The molecule has 12 heteroatoms. The normalized spacial score (nSPS) is 38.9. The highest BCUT2D eigenvalue weighted by Gasteiger charge is 2.53. The molecule has 0 aromatic heterocycles.